The highest BCUT2D eigenvalue weighted by Crippen LogP contribution is 2.41. The molecule has 3 rings (SSSR count). The summed E-state index contributed by atoms with van der Waals surface area (Å²) in [5.74, 6) is 0.576. The highest BCUT2D eigenvalue weighted by Gasteiger charge is 2.37. The Morgan fingerprint density at radius 2 is 1.96 bits per heavy atom. The molecule has 3 nitrogen and oxygen atoms in total. The lowest BCUT2D eigenvalue weighted by atomic mass is 9.69. The first-order valence-electron chi connectivity index (χ1n) is 9.93. The molecule has 2 aromatic rings. The second-order valence-corrected chi connectivity index (χ2v) is 8.02. The molecule has 0 unspecified atom stereocenters. The third kappa shape index (κ3) is 5.39. The van der Waals surface area contributed by atoms with Gasteiger partial charge in [0.1, 0.15) is 0 Å². The van der Waals surface area contributed by atoms with Gasteiger partial charge >= 0.3 is 0 Å². The fourth-order valence-corrected chi connectivity index (χ4v) is 4.02. The minimum Gasteiger partial charge on any atom is -0.378 e. The zero-order valence-corrected chi connectivity index (χ0v) is 16.2. The number of benzene rings is 1. The third-order valence-corrected chi connectivity index (χ3v) is 5.63. The first-order valence-corrected chi connectivity index (χ1v) is 9.93. The van der Waals surface area contributed by atoms with Gasteiger partial charge in [0.15, 0.2) is 0 Å². The van der Waals surface area contributed by atoms with E-state index in [0.29, 0.717) is 17.4 Å². The summed E-state index contributed by atoms with van der Waals surface area (Å²) >= 11 is 0. The van der Waals surface area contributed by atoms with Crippen molar-refractivity contribution in [1.29, 1.82) is 0 Å². The standard InChI is InChI=1S/C23H32N2O/c1-19(2)22-17-23(12-15-26-22,16-20-8-4-3-5-9-20)11-14-24-18-21-10-6-7-13-25-21/h3-10,13,19,22,24H,11-12,14-18H2,1-2H3/t22-,23-/m1/s1. The topological polar surface area (TPSA) is 34.2 Å². The van der Waals surface area contributed by atoms with Gasteiger partial charge in [0, 0.05) is 19.3 Å². The van der Waals surface area contributed by atoms with Gasteiger partial charge in [-0.3, -0.25) is 4.98 Å². The summed E-state index contributed by atoms with van der Waals surface area (Å²) in [7, 11) is 0. The lowest BCUT2D eigenvalue weighted by Crippen LogP contribution is -2.41. The second kappa shape index (κ2) is 9.29. The number of ether oxygens (including phenoxy) is 1. The molecule has 1 saturated heterocycles. The Hall–Kier alpha value is -1.71. The van der Waals surface area contributed by atoms with Crippen molar-refractivity contribution in [3.05, 3.63) is 66.0 Å². The van der Waals surface area contributed by atoms with Gasteiger partial charge in [-0.2, -0.15) is 0 Å². The number of hydrogen-bond acceptors (Lipinski definition) is 3. The van der Waals surface area contributed by atoms with E-state index >= 15 is 0 Å². The SMILES string of the molecule is CC(C)[C@H]1C[C@@](CCNCc2ccccn2)(Cc2ccccc2)CCO1. The molecule has 0 radical (unpaired) electrons. The van der Waals surface area contributed by atoms with Crippen LogP contribution in [0.15, 0.2) is 54.7 Å². The minimum atomic E-state index is 0.325. The molecule has 2 heterocycles. The summed E-state index contributed by atoms with van der Waals surface area (Å²) in [5.41, 5.74) is 2.88. The molecule has 1 aliphatic heterocycles. The summed E-state index contributed by atoms with van der Waals surface area (Å²) in [4.78, 5) is 4.40. The van der Waals surface area contributed by atoms with Gasteiger partial charge in [0.05, 0.1) is 11.8 Å². The number of pyridine rings is 1. The second-order valence-electron chi connectivity index (χ2n) is 8.02. The summed E-state index contributed by atoms with van der Waals surface area (Å²) in [6, 6.07) is 17.0. The molecular weight excluding hydrogens is 320 g/mol. The average molecular weight is 353 g/mol. The van der Waals surface area contributed by atoms with Crippen LogP contribution in [0.1, 0.15) is 44.4 Å². The monoisotopic (exact) mass is 352 g/mol. The highest BCUT2D eigenvalue weighted by molar-refractivity contribution is 5.17. The Bertz CT molecular complexity index is 644. The van der Waals surface area contributed by atoms with Crippen LogP contribution in [-0.4, -0.2) is 24.2 Å². The summed E-state index contributed by atoms with van der Waals surface area (Å²) < 4.78 is 6.08. The Kier molecular flexibility index (Phi) is 6.81. The fourth-order valence-electron chi connectivity index (χ4n) is 4.02. The Balaban J connectivity index is 1.62. The van der Waals surface area contributed by atoms with Gasteiger partial charge in [0.2, 0.25) is 0 Å². The van der Waals surface area contributed by atoms with Crippen LogP contribution in [0.4, 0.5) is 0 Å². The first kappa shape index (κ1) is 19.1. The van der Waals surface area contributed by atoms with Gasteiger partial charge < -0.3 is 10.1 Å². The molecule has 3 heteroatoms. The zero-order valence-electron chi connectivity index (χ0n) is 16.2. The Morgan fingerprint density at radius 1 is 1.15 bits per heavy atom. The number of nitrogens with zero attached hydrogens (tertiary/aromatic N) is 1. The maximum absolute atomic E-state index is 6.08. The third-order valence-electron chi connectivity index (χ3n) is 5.63. The Labute approximate surface area is 158 Å². The lowest BCUT2D eigenvalue weighted by molar-refractivity contribution is -0.0720. The van der Waals surface area contributed by atoms with Crippen LogP contribution in [-0.2, 0) is 17.7 Å². The maximum atomic E-state index is 6.08. The van der Waals surface area contributed by atoms with E-state index in [1.807, 2.05) is 18.3 Å². The van der Waals surface area contributed by atoms with E-state index in [1.165, 1.54) is 12.0 Å². The molecule has 26 heavy (non-hydrogen) atoms. The number of nitrogens with one attached hydrogen (secondary N) is 1. The van der Waals surface area contributed by atoms with Crippen molar-refractivity contribution in [3.8, 4) is 0 Å². The van der Waals surface area contributed by atoms with Crippen molar-refractivity contribution in [2.45, 2.75) is 52.2 Å². The van der Waals surface area contributed by atoms with Gasteiger partial charge in [-0.15, -0.1) is 0 Å². The number of hydrogen-bond donors (Lipinski definition) is 1. The van der Waals surface area contributed by atoms with Crippen LogP contribution in [0, 0.1) is 11.3 Å². The molecule has 140 valence electrons. The van der Waals surface area contributed by atoms with Gasteiger partial charge in [-0.1, -0.05) is 50.2 Å². The molecule has 1 aromatic heterocycles. The van der Waals surface area contributed by atoms with Crippen molar-refractivity contribution < 1.29 is 4.74 Å². The molecule has 1 aliphatic rings. The predicted molar refractivity (Wildman–Crippen MR) is 107 cm³/mol. The van der Waals surface area contributed by atoms with E-state index in [1.54, 1.807) is 0 Å². The average Bonchev–Trinajstić information content (AvgIpc) is 2.67. The van der Waals surface area contributed by atoms with Crippen molar-refractivity contribution in [2.75, 3.05) is 13.2 Å². The molecule has 0 spiro atoms. The van der Waals surface area contributed by atoms with E-state index in [2.05, 4.69) is 60.5 Å². The maximum Gasteiger partial charge on any atom is 0.0603 e. The molecule has 0 saturated carbocycles. The molecule has 0 bridgehead atoms. The van der Waals surface area contributed by atoms with E-state index in [0.717, 1.165) is 44.7 Å². The van der Waals surface area contributed by atoms with E-state index in [4.69, 9.17) is 4.74 Å². The molecule has 1 aromatic carbocycles. The van der Waals surface area contributed by atoms with Gasteiger partial charge in [-0.05, 0) is 61.3 Å². The van der Waals surface area contributed by atoms with Crippen LogP contribution < -0.4 is 5.32 Å². The van der Waals surface area contributed by atoms with Crippen LogP contribution in [0.5, 0.6) is 0 Å². The lowest BCUT2D eigenvalue weighted by Gasteiger charge is -2.43. The van der Waals surface area contributed by atoms with Crippen molar-refractivity contribution >= 4 is 0 Å². The number of rotatable bonds is 8. The van der Waals surface area contributed by atoms with E-state index in [9.17, 15) is 0 Å². The summed E-state index contributed by atoms with van der Waals surface area (Å²) in [5, 5.41) is 3.60. The van der Waals surface area contributed by atoms with Crippen LogP contribution in [0.3, 0.4) is 0 Å². The predicted octanol–water partition coefficient (Wildman–Crippen LogP) is 4.63. The van der Waals surface area contributed by atoms with Crippen molar-refractivity contribution in [1.82, 2.24) is 10.3 Å². The quantitative estimate of drug-likeness (QED) is 0.704. The van der Waals surface area contributed by atoms with Crippen LogP contribution in [0.25, 0.3) is 0 Å². The smallest absolute Gasteiger partial charge is 0.0603 e. The summed E-state index contributed by atoms with van der Waals surface area (Å²) in [6.07, 6.45) is 6.87. The Morgan fingerprint density at radius 3 is 2.69 bits per heavy atom. The highest BCUT2D eigenvalue weighted by atomic mass is 16.5. The van der Waals surface area contributed by atoms with Crippen LogP contribution in [0.2, 0.25) is 0 Å². The van der Waals surface area contributed by atoms with Gasteiger partial charge in [-0.25, -0.2) is 0 Å². The summed E-state index contributed by atoms with van der Waals surface area (Å²) in [6.45, 7) is 7.31. The fraction of sp³-hybridized carbons (Fsp3) is 0.522. The zero-order chi connectivity index (χ0) is 18.2. The molecular formula is C23H32N2O. The molecule has 0 aliphatic carbocycles. The minimum absolute atomic E-state index is 0.325. The molecule has 0 amide bonds. The number of aromatic nitrogens is 1. The van der Waals surface area contributed by atoms with E-state index in [-0.39, 0.29) is 0 Å². The normalized spacial score (nSPS) is 23.3. The van der Waals surface area contributed by atoms with Crippen molar-refractivity contribution in [3.63, 3.8) is 0 Å². The van der Waals surface area contributed by atoms with Gasteiger partial charge in [0.25, 0.3) is 0 Å². The van der Waals surface area contributed by atoms with E-state index < -0.39 is 0 Å². The molecule has 2 atom stereocenters. The first-order chi connectivity index (χ1) is 12.7. The van der Waals surface area contributed by atoms with Crippen molar-refractivity contribution in [2.24, 2.45) is 11.3 Å². The molecule has 1 fully saturated rings. The van der Waals surface area contributed by atoms with Crippen LogP contribution >= 0.6 is 0 Å². The largest absolute Gasteiger partial charge is 0.378 e. The molecule has 1 N–H and O–H groups in total.